The molecular formula is C19H25F3N2O4S. The number of benzene rings is 1. The molecule has 162 valence electrons. The molecule has 0 aromatic heterocycles. The Kier molecular flexibility index (Phi) is 6.42. The van der Waals surface area contributed by atoms with E-state index in [9.17, 15) is 26.4 Å². The zero-order valence-corrected chi connectivity index (χ0v) is 16.6. The van der Waals surface area contributed by atoms with Crippen LogP contribution in [0, 0.1) is 11.8 Å². The molecule has 10 heteroatoms. The Morgan fingerprint density at radius 3 is 2.55 bits per heavy atom. The van der Waals surface area contributed by atoms with Crippen molar-refractivity contribution in [3.63, 3.8) is 0 Å². The first kappa shape index (κ1) is 21.9. The fourth-order valence-electron chi connectivity index (χ4n) is 4.00. The van der Waals surface area contributed by atoms with E-state index < -0.39 is 27.2 Å². The molecule has 2 saturated carbocycles. The predicted molar refractivity (Wildman–Crippen MR) is 99.8 cm³/mol. The van der Waals surface area contributed by atoms with E-state index in [0.717, 1.165) is 37.8 Å². The van der Waals surface area contributed by atoms with Crippen LogP contribution in [0.4, 0.5) is 13.2 Å². The van der Waals surface area contributed by atoms with Crippen LogP contribution in [-0.2, 0) is 14.6 Å². The first-order valence-corrected chi connectivity index (χ1v) is 11.2. The van der Waals surface area contributed by atoms with E-state index in [1.807, 2.05) is 0 Å². The molecule has 2 fully saturated rings. The summed E-state index contributed by atoms with van der Waals surface area (Å²) in [5.74, 6) is -0.820. The molecule has 1 aromatic rings. The lowest BCUT2D eigenvalue weighted by molar-refractivity contribution is -0.274. The van der Waals surface area contributed by atoms with Crippen molar-refractivity contribution in [2.24, 2.45) is 17.6 Å². The van der Waals surface area contributed by atoms with Gasteiger partial charge in [0.1, 0.15) is 5.75 Å². The van der Waals surface area contributed by atoms with Crippen LogP contribution in [0.2, 0.25) is 0 Å². The van der Waals surface area contributed by atoms with Crippen LogP contribution in [0.1, 0.15) is 38.5 Å². The minimum atomic E-state index is -4.89. The molecule has 3 N–H and O–H groups in total. The van der Waals surface area contributed by atoms with Crippen molar-refractivity contribution in [1.29, 1.82) is 0 Å². The number of carbonyl (C=O) groups is 1. The number of amides is 1. The molecule has 2 atom stereocenters. The summed E-state index contributed by atoms with van der Waals surface area (Å²) in [7, 11) is -3.76. The molecule has 29 heavy (non-hydrogen) atoms. The highest BCUT2D eigenvalue weighted by Crippen LogP contribution is 2.37. The Bertz CT molecular complexity index is 838. The topological polar surface area (TPSA) is 98.5 Å². The molecule has 1 aromatic carbocycles. The van der Waals surface area contributed by atoms with Crippen LogP contribution in [0.5, 0.6) is 5.75 Å². The SMILES string of the molecule is N[C@@H]1CCCC[C@@H]1C(=O)NC[C@H]1C[C@H](S(=O)(=O)c2cccc(OC(F)(F)F)c2)C1. The molecule has 0 bridgehead atoms. The second-order valence-electron chi connectivity index (χ2n) is 7.83. The Morgan fingerprint density at radius 1 is 1.21 bits per heavy atom. The summed E-state index contributed by atoms with van der Waals surface area (Å²) >= 11 is 0. The first-order valence-electron chi connectivity index (χ1n) is 9.69. The maximum Gasteiger partial charge on any atom is 0.573 e. The number of nitrogens with two attached hydrogens (primary N) is 1. The second-order valence-corrected chi connectivity index (χ2v) is 10.1. The standard InChI is InChI=1S/C19H25F3N2O4S/c20-19(21,22)28-13-4-3-5-14(10-13)29(26,27)15-8-12(9-15)11-24-18(25)16-6-1-2-7-17(16)23/h3-5,10,12,15-17H,1-2,6-9,11,23H2,(H,24,25)/t12-,15-,16-,17+/m0/s1. The third-order valence-electron chi connectivity index (χ3n) is 5.72. The number of nitrogens with one attached hydrogen (secondary N) is 1. The minimum Gasteiger partial charge on any atom is -0.406 e. The third-order valence-corrected chi connectivity index (χ3v) is 7.89. The number of ether oxygens (including phenoxy) is 1. The summed E-state index contributed by atoms with van der Waals surface area (Å²) in [6, 6.07) is 4.30. The van der Waals surface area contributed by atoms with Gasteiger partial charge in [-0.2, -0.15) is 0 Å². The average molecular weight is 434 g/mol. The van der Waals surface area contributed by atoms with Crippen molar-refractivity contribution in [3.05, 3.63) is 24.3 Å². The summed E-state index contributed by atoms with van der Waals surface area (Å²) in [4.78, 5) is 12.1. The van der Waals surface area contributed by atoms with E-state index in [1.54, 1.807) is 0 Å². The van der Waals surface area contributed by atoms with Gasteiger partial charge in [0.25, 0.3) is 0 Å². The molecule has 2 aliphatic carbocycles. The van der Waals surface area contributed by atoms with Crippen LogP contribution in [0.15, 0.2) is 29.2 Å². The summed E-state index contributed by atoms with van der Waals surface area (Å²) in [5.41, 5.74) is 6.01. The molecule has 3 rings (SSSR count). The predicted octanol–water partition coefficient (Wildman–Crippen LogP) is 2.77. The Morgan fingerprint density at radius 2 is 1.90 bits per heavy atom. The van der Waals surface area contributed by atoms with Gasteiger partial charge in [-0.25, -0.2) is 8.42 Å². The van der Waals surface area contributed by atoms with Crippen molar-refractivity contribution in [2.75, 3.05) is 6.54 Å². The average Bonchev–Trinajstić information content (AvgIpc) is 2.59. The van der Waals surface area contributed by atoms with Gasteiger partial charge in [0.2, 0.25) is 5.91 Å². The van der Waals surface area contributed by atoms with Crippen LogP contribution >= 0.6 is 0 Å². The van der Waals surface area contributed by atoms with Crippen molar-refractivity contribution in [3.8, 4) is 5.75 Å². The van der Waals surface area contributed by atoms with E-state index in [4.69, 9.17) is 5.73 Å². The second kappa shape index (κ2) is 8.51. The zero-order valence-electron chi connectivity index (χ0n) is 15.8. The molecule has 0 radical (unpaired) electrons. The lowest BCUT2D eigenvalue weighted by Crippen LogP contribution is -2.47. The van der Waals surface area contributed by atoms with Gasteiger partial charge in [0.15, 0.2) is 9.84 Å². The van der Waals surface area contributed by atoms with Crippen molar-refractivity contribution in [2.45, 2.75) is 61.1 Å². The summed E-state index contributed by atoms with van der Waals surface area (Å²) in [6.45, 7) is 0.380. The highest BCUT2D eigenvalue weighted by molar-refractivity contribution is 7.92. The normalized spacial score (nSPS) is 27.7. The summed E-state index contributed by atoms with van der Waals surface area (Å²) in [6.07, 6.45) is -0.574. The molecule has 0 aliphatic heterocycles. The summed E-state index contributed by atoms with van der Waals surface area (Å²) in [5, 5.41) is 2.19. The van der Waals surface area contributed by atoms with Gasteiger partial charge in [0, 0.05) is 12.6 Å². The number of halogens is 3. The fourth-order valence-corrected chi connectivity index (χ4v) is 5.98. The largest absolute Gasteiger partial charge is 0.573 e. The number of alkyl halides is 3. The monoisotopic (exact) mass is 434 g/mol. The highest BCUT2D eigenvalue weighted by Gasteiger charge is 2.40. The molecule has 0 heterocycles. The Balaban J connectivity index is 1.52. The molecular weight excluding hydrogens is 409 g/mol. The van der Waals surface area contributed by atoms with Gasteiger partial charge in [-0.1, -0.05) is 18.9 Å². The van der Waals surface area contributed by atoms with Crippen molar-refractivity contribution < 1.29 is 31.1 Å². The zero-order chi connectivity index (χ0) is 21.2. The number of carbonyl (C=O) groups excluding carboxylic acids is 1. The first-order chi connectivity index (χ1) is 13.6. The van der Waals surface area contributed by atoms with Crippen LogP contribution in [0.25, 0.3) is 0 Å². The Hall–Kier alpha value is -1.81. The quantitative estimate of drug-likeness (QED) is 0.718. The van der Waals surface area contributed by atoms with Gasteiger partial charge in [-0.3, -0.25) is 4.79 Å². The van der Waals surface area contributed by atoms with E-state index in [0.29, 0.717) is 19.4 Å². The molecule has 6 nitrogen and oxygen atoms in total. The highest BCUT2D eigenvalue weighted by atomic mass is 32.2. The maximum atomic E-state index is 12.7. The number of hydrogen-bond donors (Lipinski definition) is 2. The molecule has 0 spiro atoms. The van der Waals surface area contributed by atoms with Gasteiger partial charge in [-0.05, 0) is 49.8 Å². The van der Waals surface area contributed by atoms with Gasteiger partial charge in [-0.15, -0.1) is 13.2 Å². The number of rotatable bonds is 6. The van der Waals surface area contributed by atoms with Gasteiger partial charge in [0.05, 0.1) is 16.1 Å². The smallest absolute Gasteiger partial charge is 0.406 e. The van der Waals surface area contributed by atoms with Crippen molar-refractivity contribution >= 4 is 15.7 Å². The van der Waals surface area contributed by atoms with Crippen LogP contribution < -0.4 is 15.8 Å². The van der Waals surface area contributed by atoms with E-state index in [2.05, 4.69) is 10.1 Å². The lowest BCUT2D eigenvalue weighted by Gasteiger charge is -2.35. The van der Waals surface area contributed by atoms with Gasteiger partial charge < -0.3 is 15.8 Å². The van der Waals surface area contributed by atoms with Gasteiger partial charge >= 0.3 is 6.36 Å². The maximum absolute atomic E-state index is 12.7. The molecule has 1 amide bonds. The van der Waals surface area contributed by atoms with E-state index in [-0.39, 0.29) is 28.7 Å². The van der Waals surface area contributed by atoms with E-state index >= 15 is 0 Å². The van der Waals surface area contributed by atoms with E-state index in [1.165, 1.54) is 12.1 Å². The Labute approximate surface area is 167 Å². The summed E-state index contributed by atoms with van der Waals surface area (Å²) < 4.78 is 66.2. The third kappa shape index (κ3) is 5.42. The number of sulfone groups is 1. The van der Waals surface area contributed by atoms with Crippen LogP contribution in [-0.4, -0.2) is 38.5 Å². The molecule has 0 saturated heterocycles. The molecule has 2 aliphatic rings. The fraction of sp³-hybridized carbons (Fsp3) is 0.632. The lowest BCUT2D eigenvalue weighted by atomic mass is 9.83. The number of hydrogen-bond acceptors (Lipinski definition) is 5. The minimum absolute atomic E-state index is 0.0214. The molecule has 0 unspecified atom stereocenters. The van der Waals surface area contributed by atoms with Crippen molar-refractivity contribution in [1.82, 2.24) is 5.32 Å². The van der Waals surface area contributed by atoms with Crippen LogP contribution in [0.3, 0.4) is 0 Å².